The van der Waals surface area contributed by atoms with E-state index in [2.05, 4.69) is 10.2 Å². The Labute approximate surface area is 201 Å². The summed E-state index contributed by atoms with van der Waals surface area (Å²) in [6.45, 7) is 1.82. The standard InChI is InChI=1S/C24H23N3O6S/c1-32-19-13-18(26-9-3-4-10-26)20(33-2)12-15(19)11-17-21(28)25-24(34)27(22(17)29)16-7-5-14(6-8-16)23(30)31/h5-8,11-13H,3-4,9-10H2,1-2H3,(H,30,31)(H,25,28,34)/b17-11+. The first-order chi connectivity index (χ1) is 16.3. The van der Waals surface area contributed by atoms with Gasteiger partial charge >= 0.3 is 5.97 Å². The molecule has 0 aromatic heterocycles. The van der Waals surface area contributed by atoms with Crippen LogP contribution in [0.3, 0.4) is 0 Å². The number of benzene rings is 2. The van der Waals surface area contributed by atoms with Crippen LogP contribution in [-0.4, -0.2) is 55.3 Å². The molecule has 2 aromatic carbocycles. The second-order valence-electron chi connectivity index (χ2n) is 7.77. The fourth-order valence-corrected chi connectivity index (χ4v) is 4.30. The molecule has 2 fully saturated rings. The molecule has 2 saturated heterocycles. The summed E-state index contributed by atoms with van der Waals surface area (Å²) in [5, 5.41) is 11.5. The van der Waals surface area contributed by atoms with Crippen molar-refractivity contribution < 1.29 is 29.0 Å². The normalized spacial score (nSPS) is 17.2. The van der Waals surface area contributed by atoms with Crippen molar-refractivity contribution in [3.63, 3.8) is 0 Å². The number of hydrogen-bond acceptors (Lipinski definition) is 7. The molecular formula is C24H23N3O6S. The maximum absolute atomic E-state index is 13.3. The van der Waals surface area contributed by atoms with Crippen LogP contribution in [0.4, 0.5) is 11.4 Å². The van der Waals surface area contributed by atoms with Gasteiger partial charge in [-0.15, -0.1) is 0 Å². The highest BCUT2D eigenvalue weighted by Crippen LogP contribution is 2.38. The van der Waals surface area contributed by atoms with Crippen molar-refractivity contribution in [2.75, 3.05) is 37.1 Å². The lowest BCUT2D eigenvalue weighted by molar-refractivity contribution is -0.122. The molecular weight excluding hydrogens is 458 g/mol. The molecule has 0 unspecified atom stereocenters. The number of hydrogen-bond donors (Lipinski definition) is 2. The molecule has 0 spiro atoms. The third-order valence-corrected chi connectivity index (χ3v) is 6.04. The highest BCUT2D eigenvalue weighted by molar-refractivity contribution is 7.80. The van der Waals surface area contributed by atoms with Crippen molar-refractivity contribution in [1.29, 1.82) is 0 Å². The third-order valence-electron chi connectivity index (χ3n) is 5.75. The van der Waals surface area contributed by atoms with E-state index in [9.17, 15) is 14.4 Å². The number of carbonyl (C=O) groups is 3. The van der Waals surface area contributed by atoms with Crippen molar-refractivity contribution in [3.05, 3.63) is 53.1 Å². The summed E-state index contributed by atoms with van der Waals surface area (Å²) in [6, 6.07) is 9.21. The fourth-order valence-electron chi connectivity index (χ4n) is 4.02. The number of anilines is 2. The van der Waals surface area contributed by atoms with Crippen molar-refractivity contribution in [2.24, 2.45) is 0 Å². The number of carboxylic acids is 1. The Balaban J connectivity index is 1.73. The van der Waals surface area contributed by atoms with Crippen molar-refractivity contribution in [2.45, 2.75) is 12.8 Å². The van der Waals surface area contributed by atoms with Gasteiger partial charge in [-0.05, 0) is 61.5 Å². The molecule has 34 heavy (non-hydrogen) atoms. The van der Waals surface area contributed by atoms with Gasteiger partial charge in [-0.2, -0.15) is 0 Å². The van der Waals surface area contributed by atoms with Gasteiger partial charge in [0.05, 0.1) is 31.2 Å². The van der Waals surface area contributed by atoms with E-state index >= 15 is 0 Å². The number of nitrogens with one attached hydrogen (secondary N) is 1. The largest absolute Gasteiger partial charge is 0.496 e. The number of carboxylic acid groups (broad SMARTS) is 1. The number of aromatic carboxylic acids is 1. The van der Waals surface area contributed by atoms with E-state index < -0.39 is 17.8 Å². The van der Waals surface area contributed by atoms with Gasteiger partial charge in [0.2, 0.25) is 0 Å². The van der Waals surface area contributed by atoms with E-state index in [0.717, 1.165) is 36.5 Å². The van der Waals surface area contributed by atoms with Crippen molar-refractivity contribution in [3.8, 4) is 11.5 Å². The van der Waals surface area contributed by atoms with E-state index in [0.29, 0.717) is 22.7 Å². The first-order valence-corrected chi connectivity index (χ1v) is 11.0. The van der Waals surface area contributed by atoms with Crippen LogP contribution in [0.25, 0.3) is 6.08 Å². The molecule has 10 heteroatoms. The molecule has 0 aliphatic carbocycles. The molecule has 2 aromatic rings. The van der Waals surface area contributed by atoms with Crippen LogP contribution in [0, 0.1) is 0 Å². The zero-order valence-corrected chi connectivity index (χ0v) is 19.5. The van der Waals surface area contributed by atoms with Gasteiger partial charge < -0.3 is 19.5 Å². The number of thiocarbonyl (C=S) groups is 1. The molecule has 9 nitrogen and oxygen atoms in total. The average Bonchev–Trinajstić information content (AvgIpc) is 3.36. The predicted molar refractivity (Wildman–Crippen MR) is 131 cm³/mol. The lowest BCUT2D eigenvalue weighted by atomic mass is 10.0. The molecule has 0 saturated carbocycles. The molecule has 2 aliphatic heterocycles. The Kier molecular flexibility index (Phi) is 6.51. The van der Waals surface area contributed by atoms with Gasteiger partial charge in [-0.3, -0.25) is 19.8 Å². The van der Waals surface area contributed by atoms with E-state index in [1.54, 1.807) is 13.2 Å². The van der Waals surface area contributed by atoms with Crippen LogP contribution in [0.1, 0.15) is 28.8 Å². The first-order valence-electron chi connectivity index (χ1n) is 10.6. The van der Waals surface area contributed by atoms with Gasteiger partial charge in [0.25, 0.3) is 11.8 Å². The highest BCUT2D eigenvalue weighted by Gasteiger charge is 2.35. The topological polar surface area (TPSA) is 108 Å². The first kappa shape index (κ1) is 23.2. The van der Waals surface area contributed by atoms with E-state index in [1.807, 2.05) is 6.07 Å². The zero-order valence-electron chi connectivity index (χ0n) is 18.7. The number of carbonyl (C=O) groups excluding carboxylic acids is 2. The molecule has 4 rings (SSSR count). The fraction of sp³-hybridized carbons (Fsp3) is 0.250. The quantitative estimate of drug-likeness (QED) is 0.368. The van der Waals surface area contributed by atoms with E-state index in [4.69, 9.17) is 26.8 Å². The highest BCUT2D eigenvalue weighted by atomic mass is 32.1. The van der Waals surface area contributed by atoms with Crippen molar-refractivity contribution in [1.82, 2.24) is 5.32 Å². The van der Waals surface area contributed by atoms with Crippen molar-refractivity contribution >= 4 is 52.6 Å². The maximum atomic E-state index is 13.3. The number of rotatable bonds is 6. The molecule has 2 aliphatic rings. The summed E-state index contributed by atoms with van der Waals surface area (Å²) in [5.41, 5.74) is 1.63. The lowest BCUT2D eigenvalue weighted by Gasteiger charge is -2.29. The molecule has 2 heterocycles. The number of nitrogens with zero attached hydrogens (tertiary/aromatic N) is 2. The van der Waals surface area contributed by atoms with Gasteiger partial charge in [-0.1, -0.05) is 0 Å². The Morgan fingerprint density at radius 1 is 1.06 bits per heavy atom. The molecule has 0 atom stereocenters. The average molecular weight is 482 g/mol. The summed E-state index contributed by atoms with van der Waals surface area (Å²) < 4.78 is 11.1. The van der Waals surface area contributed by atoms with Gasteiger partial charge in [0.1, 0.15) is 17.1 Å². The summed E-state index contributed by atoms with van der Waals surface area (Å²) in [7, 11) is 3.09. The number of methoxy groups -OCH3 is 2. The van der Waals surface area contributed by atoms with Crippen LogP contribution in [0.2, 0.25) is 0 Å². The second kappa shape index (κ2) is 9.52. The third kappa shape index (κ3) is 4.32. The van der Waals surface area contributed by atoms with Crippen LogP contribution < -0.4 is 24.6 Å². The van der Waals surface area contributed by atoms with E-state index in [1.165, 1.54) is 37.5 Å². The Bertz CT molecular complexity index is 1200. The monoisotopic (exact) mass is 481 g/mol. The minimum absolute atomic E-state index is 0.0638. The predicted octanol–water partition coefficient (Wildman–Crippen LogP) is 2.83. The van der Waals surface area contributed by atoms with Gasteiger partial charge in [-0.25, -0.2) is 4.79 Å². The maximum Gasteiger partial charge on any atom is 0.335 e. The van der Waals surface area contributed by atoms with Crippen LogP contribution in [0.15, 0.2) is 42.0 Å². The molecule has 2 N–H and O–H groups in total. The molecule has 0 bridgehead atoms. The van der Waals surface area contributed by atoms with Crippen LogP contribution >= 0.6 is 12.2 Å². The summed E-state index contributed by atoms with van der Waals surface area (Å²) >= 11 is 5.21. The molecule has 0 radical (unpaired) electrons. The Hall–Kier alpha value is -3.92. The van der Waals surface area contributed by atoms with Gasteiger partial charge in [0, 0.05) is 24.7 Å². The minimum Gasteiger partial charge on any atom is -0.496 e. The van der Waals surface area contributed by atoms with Gasteiger partial charge in [0.15, 0.2) is 5.11 Å². The SMILES string of the molecule is COc1cc(N2CCCC2)c(OC)cc1/C=C1\C(=O)NC(=S)N(c2ccc(C(=O)O)cc2)C1=O. The summed E-state index contributed by atoms with van der Waals surface area (Å²) in [5.74, 6) is -1.28. The molecule has 2 amide bonds. The van der Waals surface area contributed by atoms with Crippen LogP contribution in [-0.2, 0) is 9.59 Å². The summed E-state index contributed by atoms with van der Waals surface area (Å²) in [4.78, 5) is 40.5. The Morgan fingerprint density at radius 2 is 1.71 bits per heavy atom. The Morgan fingerprint density at radius 3 is 2.29 bits per heavy atom. The smallest absolute Gasteiger partial charge is 0.335 e. The number of ether oxygens (including phenoxy) is 2. The number of amides is 2. The zero-order chi connectivity index (χ0) is 24.4. The summed E-state index contributed by atoms with van der Waals surface area (Å²) in [6.07, 6.45) is 3.62. The molecule has 176 valence electrons. The lowest BCUT2D eigenvalue weighted by Crippen LogP contribution is -2.54. The second-order valence-corrected chi connectivity index (χ2v) is 8.16. The minimum atomic E-state index is -1.09. The van der Waals surface area contributed by atoms with Crippen LogP contribution in [0.5, 0.6) is 11.5 Å². The van der Waals surface area contributed by atoms with E-state index in [-0.39, 0.29) is 16.2 Å².